The molecule has 5 nitrogen and oxygen atoms in total. The van der Waals surface area contributed by atoms with E-state index in [1.807, 2.05) is 19.9 Å². The van der Waals surface area contributed by atoms with Gasteiger partial charge in [0.25, 0.3) is 0 Å². The number of nitrogens with zero attached hydrogens (tertiary/aromatic N) is 3. The number of aryl methyl sites for hydroxylation is 1. The molecule has 0 bridgehead atoms. The van der Waals surface area contributed by atoms with Gasteiger partial charge in [-0.05, 0) is 25.5 Å². The van der Waals surface area contributed by atoms with Crippen LogP contribution in [-0.4, -0.2) is 27.2 Å². The third kappa shape index (κ3) is 2.07. The van der Waals surface area contributed by atoms with E-state index in [2.05, 4.69) is 10.3 Å². The first-order valence-electron chi connectivity index (χ1n) is 5.45. The Bertz CT molecular complexity index is 581. The van der Waals surface area contributed by atoms with Crippen LogP contribution >= 0.6 is 11.6 Å². The van der Waals surface area contributed by atoms with Crippen LogP contribution in [-0.2, 0) is 6.61 Å². The second-order valence-corrected chi connectivity index (χ2v) is 4.37. The average Bonchev–Trinajstić information content (AvgIpc) is 2.73. The average molecular weight is 268 g/mol. The third-order valence-electron chi connectivity index (χ3n) is 2.83. The lowest BCUT2D eigenvalue weighted by Gasteiger charge is -2.11. The van der Waals surface area contributed by atoms with Gasteiger partial charge in [0, 0.05) is 11.1 Å². The van der Waals surface area contributed by atoms with Crippen molar-refractivity contribution in [2.45, 2.75) is 20.5 Å². The molecule has 1 aromatic heterocycles. The maximum Gasteiger partial charge on any atom is 0.146 e. The molecule has 96 valence electrons. The molecule has 0 atom stereocenters. The molecule has 0 spiro atoms. The second-order valence-electron chi connectivity index (χ2n) is 3.96. The van der Waals surface area contributed by atoms with Crippen LogP contribution in [0.4, 0.5) is 0 Å². The van der Waals surface area contributed by atoms with Crippen LogP contribution in [0.25, 0.3) is 5.69 Å². The topological polar surface area (TPSA) is 60.2 Å². The van der Waals surface area contributed by atoms with Gasteiger partial charge in [-0.2, -0.15) is 0 Å². The largest absolute Gasteiger partial charge is 0.494 e. The third-order valence-corrected chi connectivity index (χ3v) is 3.24. The molecule has 6 heteroatoms. The Labute approximate surface area is 110 Å². The Morgan fingerprint density at radius 2 is 2.11 bits per heavy atom. The van der Waals surface area contributed by atoms with Gasteiger partial charge in [-0.25, -0.2) is 4.68 Å². The lowest BCUT2D eigenvalue weighted by Crippen LogP contribution is -2.03. The summed E-state index contributed by atoms with van der Waals surface area (Å²) in [5.74, 6) is 0.614. The minimum Gasteiger partial charge on any atom is -0.494 e. The number of methoxy groups -OCH3 is 1. The molecule has 0 amide bonds. The van der Waals surface area contributed by atoms with Crippen LogP contribution in [0.5, 0.6) is 5.75 Å². The highest BCUT2D eigenvalue weighted by molar-refractivity contribution is 6.31. The van der Waals surface area contributed by atoms with Crippen molar-refractivity contribution in [1.29, 1.82) is 0 Å². The smallest absolute Gasteiger partial charge is 0.146 e. The molecule has 0 radical (unpaired) electrons. The van der Waals surface area contributed by atoms with E-state index in [1.54, 1.807) is 17.9 Å². The molecule has 0 aliphatic carbocycles. The minimum absolute atomic E-state index is 0.138. The Hall–Kier alpha value is -1.59. The number of hydrogen-bond donors (Lipinski definition) is 1. The highest BCUT2D eigenvalue weighted by Gasteiger charge is 2.14. The number of rotatable bonds is 3. The van der Waals surface area contributed by atoms with E-state index in [-0.39, 0.29) is 6.61 Å². The van der Waals surface area contributed by atoms with Crippen molar-refractivity contribution in [1.82, 2.24) is 15.0 Å². The number of aliphatic hydroxyl groups excluding tert-OH is 1. The second kappa shape index (κ2) is 4.96. The summed E-state index contributed by atoms with van der Waals surface area (Å²) in [6, 6.07) is 3.62. The van der Waals surface area contributed by atoms with E-state index in [1.165, 1.54) is 0 Å². The maximum atomic E-state index is 9.14. The summed E-state index contributed by atoms with van der Waals surface area (Å²) in [5, 5.41) is 17.7. The number of benzene rings is 1. The summed E-state index contributed by atoms with van der Waals surface area (Å²) in [6.45, 7) is 3.61. The van der Waals surface area contributed by atoms with Crippen molar-refractivity contribution in [2.75, 3.05) is 7.11 Å². The fourth-order valence-electron chi connectivity index (χ4n) is 1.71. The van der Waals surface area contributed by atoms with Gasteiger partial charge in [-0.1, -0.05) is 16.8 Å². The molecule has 18 heavy (non-hydrogen) atoms. The molecule has 0 saturated heterocycles. The molecule has 0 aliphatic heterocycles. The predicted octanol–water partition coefficient (Wildman–Crippen LogP) is 2.04. The molecular weight excluding hydrogens is 254 g/mol. The zero-order valence-corrected chi connectivity index (χ0v) is 11.2. The minimum atomic E-state index is -0.138. The SMILES string of the molecule is COc1cc(Cl)c(C)cc1-n1nnc(CO)c1C. The quantitative estimate of drug-likeness (QED) is 0.924. The lowest BCUT2D eigenvalue weighted by atomic mass is 10.2. The fraction of sp³-hybridized carbons (Fsp3) is 0.333. The van der Waals surface area contributed by atoms with Gasteiger partial charge < -0.3 is 9.84 Å². The first-order chi connectivity index (χ1) is 8.58. The van der Waals surface area contributed by atoms with Crippen molar-refractivity contribution in [3.05, 3.63) is 34.1 Å². The molecule has 1 heterocycles. The number of aliphatic hydroxyl groups is 1. The molecule has 0 unspecified atom stereocenters. The lowest BCUT2D eigenvalue weighted by molar-refractivity contribution is 0.276. The zero-order valence-electron chi connectivity index (χ0n) is 10.4. The normalized spacial score (nSPS) is 10.7. The Balaban J connectivity index is 2.62. The summed E-state index contributed by atoms with van der Waals surface area (Å²) in [5.41, 5.74) is 3.00. The number of ether oxygens (including phenoxy) is 1. The highest BCUT2D eigenvalue weighted by atomic mass is 35.5. The maximum absolute atomic E-state index is 9.14. The predicted molar refractivity (Wildman–Crippen MR) is 68.3 cm³/mol. The summed E-state index contributed by atoms with van der Waals surface area (Å²) in [4.78, 5) is 0. The van der Waals surface area contributed by atoms with Crippen molar-refractivity contribution < 1.29 is 9.84 Å². The molecule has 2 aromatic rings. The number of hydrogen-bond acceptors (Lipinski definition) is 4. The van der Waals surface area contributed by atoms with E-state index in [0.29, 0.717) is 16.5 Å². The van der Waals surface area contributed by atoms with Gasteiger partial charge in [0.2, 0.25) is 0 Å². The molecular formula is C12H14ClN3O2. The van der Waals surface area contributed by atoms with Gasteiger partial charge >= 0.3 is 0 Å². The van der Waals surface area contributed by atoms with Crippen LogP contribution in [0, 0.1) is 13.8 Å². The van der Waals surface area contributed by atoms with E-state index in [0.717, 1.165) is 16.9 Å². The number of halogens is 1. The summed E-state index contributed by atoms with van der Waals surface area (Å²) < 4.78 is 6.93. The van der Waals surface area contributed by atoms with E-state index in [9.17, 15) is 0 Å². The Morgan fingerprint density at radius 1 is 1.39 bits per heavy atom. The van der Waals surface area contributed by atoms with Crippen molar-refractivity contribution >= 4 is 11.6 Å². The van der Waals surface area contributed by atoms with Crippen molar-refractivity contribution in [3.63, 3.8) is 0 Å². The monoisotopic (exact) mass is 267 g/mol. The summed E-state index contributed by atoms with van der Waals surface area (Å²) >= 11 is 6.06. The molecule has 0 fully saturated rings. The van der Waals surface area contributed by atoms with Gasteiger partial charge in [-0.15, -0.1) is 5.10 Å². The standard InChI is InChI=1S/C12H14ClN3O2/c1-7-4-11(12(18-3)5-9(7)13)16-8(2)10(6-17)14-15-16/h4-5,17H,6H2,1-3H3. The van der Waals surface area contributed by atoms with Crippen LogP contribution < -0.4 is 4.74 Å². The van der Waals surface area contributed by atoms with Crippen LogP contribution in [0.3, 0.4) is 0 Å². The molecule has 2 rings (SSSR count). The molecule has 1 aromatic carbocycles. The molecule has 1 N–H and O–H groups in total. The Kier molecular flexibility index (Phi) is 3.54. The summed E-state index contributed by atoms with van der Waals surface area (Å²) in [6.07, 6.45) is 0. The van der Waals surface area contributed by atoms with Gasteiger partial charge in [0.1, 0.15) is 17.1 Å². The Morgan fingerprint density at radius 3 is 2.67 bits per heavy atom. The fourth-order valence-corrected chi connectivity index (χ4v) is 1.87. The van der Waals surface area contributed by atoms with Crippen molar-refractivity contribution in [3.8, 4) is 11.4 Å². The highest BCUT2D eigenvalue weighted by Crippen LogP contribution is 2.30. The van der Waals surface area contributed by atoms with Gasteiger partial charge in [0.05, 0.1) is 19.4 Å². The first-order valence-corrected chi connectivity index (χ1v) is 5.82. The molecule has 0 aliphatic rings. The van der Waals surface area contributed by atoms with E-state index >= 15 is 0 Å². The van der Waals surface area contributed by atoms with Crippen molar-refractivity contribution in [2.24, 2.45) is 0 Å². The van der Waals surface area contributed by atoms with Crippen LogP contribution in [0.1, 0.15) is 17.0 Å². The van der Waals surface area contributed by atoms with E-state index < -0.39 is 0 Å². The van der Waals surface area contributed by atoms with Crippen LogP contribution in [0.2, 0.25) is 5.02 Å². The summed E-state index contributed by atoms with van der Waals surface area (Å²) in [7, 11) is 1.57. The number of aromatic nitrogens is 3. The van der Waals surface area contributed by atoms with Gasteiger partial charge in [0.15, 0.2) is 0 Å². The van der Waals surface area contributed by atoms with Crippen LogP contribution in [0.15, 0.2) is 12.1 Å². The molecule has 0 saturated carbocycles. The zero-order chi connectivity index (χ0) is 13.3. The first kappa shape index (κ1) is 12.9. The van der Waals surface area contributed by atoms with Gasteiger partial charge in [-0.3, -0.25) is 0 Å². The van der Waals surface area contributed by atoms with E-state index in [4.69, 9.17) is 21.4 Å².